The van der Waals surface area contributed by atoms with Crippen LogP contribution < -0.4 is 15.4 Å². The number of aliphatic hydroxyl groups is 1. The summed E-state index contributed by atoms with van der Waals surface area (Å²) in [5, 5.41) is 18.1. The number of carbonyl (C=O) groups is 2. The molecule has 40 heavy (non-hydrogen) atoms. The third kappa shape index (κ3) is 8.27. The average molecular weight is 616 g/mol. The van der Waals surface area contributed by atoms with E-state index >= 15 is 0 Å². The Morgan fingerprint density at radius 2 is 1.93 bits per heavy atom. The molecule has 2 bridgehead atoms. The highest BCUT2D eigenvalue weighted by molar-refractivity contribution is 9.10. The lowest BCUT2D eigenvalue weighted by atomic mass is 9.92. The van der Waals surface area contributed by atoms with Crippen molar-refractivity contribution in [1.29, 1.82) is 0 Å². The number of ether oxygens (including phenoxy) is 1. The number of nitrogens with zero attached hydrogens (tertiary/aromatic N) is 2. The van der Waals surface area contributed by atoms with Crippen LogP contribution in [0.15, 0.2) is 41.1 Å². The van der Waals surface area contributed by atoms with E-state index in [0.717, 1.165) is 61.4 Å². The number of hydrogen-bond acceptors (Lipinski definition) is 6. The van der Waals surface area contributed by atoms with E-state index in [9.17, 15) is 14.7 Å². The van der Waals surface area contributed by atoms with Crippen LogP contribution in [0.1, 0.15) is 91.0 Å². The van der Waals surface area contributed by atoms with E-state index in [1.165, 1.54) is 4.90 Å². The molecule has 8 nitrogen and oxygen atoms in total. The number of fused-ring (bicyclic) bond motifs is 2. The smallest absolute Gasteiger partial charge is 0.253 e. The van der Waals surface area contributed by atoms with Gasteiger partial charge in [-0.2, -0.15) is 0 Å². The second-order valence-electron chi connectivity index (χ2n) is 11.7. The summed E-state index contributed by atoms with van der Waals surface area (Å²) in [5.74, 6) is 0.340. The summed E-state index contributed by atoms with van der Waals surface area (Å²) in [6.07, 6.45) is 12.0. The van der Waals surface area contributed by atoms with Gasteiger partial charge in [-0.05, 0) is 77.4 Å². The lowest BCUT2D eigenvalue weighted by Crippen LogP contribution is -2.49. The van der Waals surface area contributed by atoms with Gasteiger partial charge in [0.2, 0.25) is 0 Å². The fraction of sp³-hybridized carbons (Fsp3) is 0.581. The zero-order valence-electron chi connectivity index (χ0n) is 23.9. The molecule has 3 atom stereocenters. The summed E-state index contributed by atoms with van der Waals surface area (Å²) in [5.41, 5.74) is 1.66. The molecule has 1 saturated carbocycles. The first kappa shape index (κ1) is 30.5. The SMILES string of the molecule is C[C@@H]1CCCCCCCOc2cc(cc(C(=O)N(C)C)c2)C(=O)N[C@H]([C@H](O)CNC2(c3cncc(Br)c3)CC2)C1. The van der Waals surface area contributed by atoms with E-state index in [0.29, 0.717) is 42.4 Å². The highest BCUT2D eigenvalue weighted by Crippen LogP contribution is 2.45. The molecule has 1 aliphatic carbocycles. The Balaban J connectivity index is 1.54. The molecule has 1 fully saturated rings. The number of rotatable bonds is 6. The summed E-state index contributed by atoms with van der Waals surface area (Å²) in [6, 6.07) is 6.62. The minimum atomic E-state index is -0.787. The van der Waals surface area contributed by atoms with Crippen molar-refractivity contribution in [1.82, 2.24) is 20.5 Å². The van der Waals surface area contributed by atoms with Crippen molar-refractivity contribution in [3.05, 3.63) is 57.8 Å². The average Bonchev–Trinajstić information content (AvgIpc) is 3.73. The molecule has 3 N–H and O–H groups in total. The lowest BCUT2D eigenvalue weighted by molar-refractivity contribution is 0.0782. The molecule has 9 heteroatoms. The van der Waals surface area contributed by atoms with E-state index in [-0.39, 0.29) is 17.4 Å². The Bertz CT molecular complexity index is 1170. The third-order valence-corrected chi connectivity index (χ3v) is 8.46. The van der Waals surface area contributed by atoms with E-state index in [4.69, 9.17) is 4.74 Å². The highest BCUT2D eigenvalue weighted by Gasteiger charge is 2.45. The van der Waals surface area contributed by atoms with Crippen molar-refractivity contribution < 1.29 is 19.4 Å². The van der Waals surface area contributed by atoms with Crippen LogP contribution in [0, 0.1) is 5.92 Å². The van der Waals surface area contributed by atoms with Crippen molar-refractivity contribution >= 4 is 27.7 Å². The third-order valence-electron chi connectivity index (χ3n) is 8.03. The minimum absolute atomic E-state index is 0.194. The number of benzene rings is 1. The van der Waals surface area contributed by atoms with Crippen LogP contribution in [0.25, 0.3) is 0 Å². The molecule has 2 amide bonds. The molecule has 2 aliphatic rings. The number of amides is 2. The quantitative estimate of drug-likeness (QED) is 0.421. The maximum absolute atomic E-state index is 13.6. The zero-order valence-corrected chi connectivity index (χ0v) is 25.5. The molecule has 0 unspecified atom stereocenters. The van der Waals surface area contributed by atoms with Crippen LogP contribution in [-0.2, 0) is 5.54 Å². The Hall–Kier alpha value is -2.49. The maximum Gasteiger partial charge on any atom is 0.253 e. The molecule has 0 saturated heterocycles. The number of carbonyl (C=O) groups excluding carboxylic acids is 2. The van der Waals surface area contributed by atoms with E-state index < -0.39 is 12.1 Å². The van der Waals surface area contributed by atoms with E-state index in [1.807, 2.05) is 6.20 Å². The predicted octanol–water partition coefficient (Wildman–Crippen LogP) is 5.04. The number of aromatic nitrogens is 1. The van der Waals surface area contributed by atoms with E-state index in [1.54, 1.807) is 38.5 Å². The van der Waals surface area contributed by atoms with Crippen molar-refractivity contribution in [3.63, 3.8) is 0 Å². The van der Waals surface area contributed by atoms with Gasteiger partial charge in [0, 0.05) is 54.2 Å². The molecule has 218 valence electrons. The minimum Gasteiger partial charge on any atom is -0.494 e. The summed E-state index contributed by atoms with van der Waals surface area (Å²) in [4.78, 5) is 32.1. The van der Waals surface area contributed by atoms with Crippen molar-refractivity contribution in [2.24, 2.45) is 5.92 Å². The molecule has 1 aliphatic heterocycles. The van der Waals surface area contributed by atoms with E-state index in [2.05, 4.69) is 44.5 Å². The van der Waals surface area contributed by atoms with Crippen LogP contribution in [0.5, 0.6) is 5.75 Å². The Kier molecular flexibility index (Phi) is 10.6. The fourth-order valence-electron chi connectivity index (χ4n) is 5.43. The van der Waals surface area contributed by atoms with Crippen molar-refractivity contribution in [3.8, 4) is 5.75 Å². The van der Waals surface area contributed by atoms with Gasteiger partial charge in [0.15, 0.2) is 0 Å². The van der Waals surface area contributed by atoms with Gasteiger partial charge in [-0.1, -0.05) is 39.0 Å². The van der Waals surface area contributed by atoms with Crippen LogP contribution in [0.3, 0.4) is 0 Å². The van der Waals surface area contributed by atoms with Gasteiger partial charge in [0.05, 0.1) is 18.8 Å². The number of nitrogens with one attached hydrogen (secondary N) is 2. The first-order valence-corrected chi connectivity index (χ1v) is 15.3. The second-order valence-corrected chi connectivity index (χ2v) is 12.6. The number of halogens is 1. The summed E-state index contributed by atoms with van der Waals surface area (Å²) in [7, 11) is 3.37. The molecule has 0 spiro atoms. The maximum atomic E-state index is 13.6. The first-order valence-electron chi connectivity index (χ1n) is 14.5. The summed E-state index contributed by atoms with van der Waals surface area (Å²) < 4.78 is 6.90. The van der Waals surface area contributed by atoms with Gasteiger partial charge >= 0.3 is 0 Å². The molecule has 2 heterocycles. The molecule has 4 rings (SSSR count). The molecular formula is C31H43BrN4O4. The molecule has 0 radical (unpaired) electrons. The number of pyridine rings is 1. The van der Waals surface area contributed by atoms with Crippen LogP contribution >= 0.6 is 15.9 Å². The second kappa shape index (κ2) is 13.9. The van der Waals surface area contributed by atoms with Gasteiger partial charge in [0.1, 0.15) is 5.75 Å². The van der Waals surface area contributed by atoms with Gasteiger partial charge in [0.25, 0.3) is 11.8 Å². The van der Waals surface area contributed by atoms with Crippen molar-refractivity contribution in [2.75, 3.05) is 27.2 Å². The lowest BCUT2D eigenvalue weighted by Gasteiger charge is -2.29. The molecule has 1 aromatic heterocycles. The topological polar surface area (TPSA) is 104 Å². The van der Waals surface area contributed by atoms with Gasteiger partial charge in [-0.15, -0.1) is 0 Å². The fourth-order valence-corrected chi connectivity index (χ4v) is 5.80. The monoisotopic (exact) mass is 614 g/mol. The summed E-state index contributed by atoms with van der Waals surface area (Å²) >= 11 is 3.51. The van der Waals surface area contributed by atoms with Gasteiger partial charge in [-0.25, -0.2) is 0 Å². The van der Waals surface area contributed by atoms with Crippen LogP contribution in [0.4, 0.5) is 0 Å². The number of aliphatic hydroxyl groups excluding tert-OH is 1. The van der Waals surface area contributed by atoms with Crippen LogP contribution in [0.2, 0.25) is 0 Å². The normalized spacial score (nSPS) is 22.5. The molecule has 1 aromatic carbocycles. The Labute approximate surface area is 246 Å². The predicted molar refractivity (Wildman–Crippen MR) is 160 cm³/mol. The van der Waals surface area contributed by atoms with Crippen molar-refractivity contribution in [2.45, 2.75) is 82.4 Å². The largest absolute Gasteiger partial charge is 0.494 e. The Morgan fingerprint density at radius 1 is 1.18 bits per heavy atom. The summed E-state index contributed by atoms with van der Waals surface area (Å²) in [6.45, 7) is 3.08. The van der Waals surface area contributed by atoms with Gasteiger partial charge in [-0.3, -0.25) is 14.6 Å². The number of hydrogen-bond donors (Lipinski definition) is 3. The Morgan fingerprint density at radius 3 is 2.65 bits per heavy atom. The van der Waals surface area contributed by atoms with Crippen LogP contribution in [-0.4, -0.2) is 66.2 Å². The zero-order chi connectivity index (χ0) is 28.7. The standard InChI is InChI=1S/C31H43BrN4O4/c1-21-9-7-5-4-6-8-12-40-26-15-22(14-23(16-26)30(39)36(2)3)29(38)35-27(13-21)28(37)20-34-31(10-11-31)24-17-25(32)19-33-18-24/h14-19,21,27-28,34,37H,4-13,20H2,1-3H3,(H,35,38)/t21-,27+,28-/m1/s1. The molecular weight excluding hydrogens is 572 g/mol. The highest BCUT2D eigenvalue weighted by atomic mass is 79.9. The van der Waals surface area contributed by atoms with Gasteiger partial charge < -0.3 is 25.4 Å². The molecule has 2 aromatic rings. The first-order chi connectivity index (χ1) is 19.2.